The quantitative estimate of drug-likeness (QED) is 0.744. The third kappa shape index (κ3) is 3.23. The average molecular weight is 283 g/mol. The number of hydrogen-bond acceptors (Lipinski definition) is 1. The summed E-state index contributed by atoms with van der Waals surface area (Å²) in [5, 5.41) is 0. The van der Waals surface area contributed by atoms with Gasteiger partial charge in [0.15, 0.2) is 0 Å². The molecule has 1 fully saturated rings. The van der Waals surface area contributed by atoms with Gasteiger partial charge in [0.05, 0.1) is 5.56 Å². The standard InChI is InChI=1S/C16H20F3N/c1-3-9-20-10-7-13(8-11-20)14-5-4-6-15(12(14)2)16(17,18)19/h3-6,13H,1,7-11H2,2H3. The molecule has 4 heteroatoms. The maximum atomic E-state index is 12.9. The summed E-state index contributed by atoms with van der Waals surface area (Å²) in [6, 6.07) is 4.55. The topological polar surface area (TPSA) is 3.24 Å². The predicted octanol–water partition coefficient (Wildman–Crippen LogP) is 4.38. The van der Waals surface area contributed by atoms with Gasteiger partial charge in [-0.25, -0.2) is 0 Å². The van der Waals surface area contributed by atoms with Gasteiger partial charge in [0.2, 0.25) is 0 Å². The van der Waals surface area contributed by atoms with Crippen molar-refractivity contribution in [2.24, 2.45) is 0 Å². The Kier molecular flexibility index (Phi) is 4.53. The lowest BCUT2D eigenvalue weighted by atomic mass is 9.85. The van der Waals surface area contributed by atoms with Gasteiger partial charge in [-0.1, -0.05) is 18.2 Å². The van der Waals surface area contributed by atoms with Gasteiger partial charge < -0.3 is 0 Å². The van der Waals surface area contributed by atoms with Crippen LogP contribution in [-0.4, -0.2) is 24.5 Å². The fourth-order valence-corrected chi connectivity index (χ4v) is 3.01. The van der Waals surface area contributed by atoms with Crippen molar-refractivity contribution < 1.29 is 13.2 Å². The van der Waals surface area contributed by atoms with E-state index in [0.717, 1.165) is 38.0 Å². The Bertz CT molecular complexity index is 471. The molecule has 0 saturated carbocycles. The lowest BCUT2D eigenvalue weighted by Gasteiger charge is -2.32. The zero-order valence-corrected chi connectivity index (χ0v) is 11.7. The van der Waals surface area contributed by atoms with E-state index in [2.05, 4.69) is 11.5 Å². The first kappa shape index (κ1) is 15.1. The van der Waals surface area contributed by atoms with Gasteiger partial charge in [0.25, 0.3) is 0 Å². The molecule has 1 aliphatic heterocycles. The molecule has 0 bridgehead atoms. The number of likely N-dealkylation sites (tertiary alicyclic amines) is 1. The summed E-state index contributed by atoms with van der Waals surface area (Å²) in [7, 11) is 0. The van der Waals surface area contributed by atoms with E-state index in [1.807, 2.05) is 12.1 Å². The summed E-state index contributed by atoms with van der Waals surface area (Å²) in [5.74, 6) is 0.235. The fourth-order valence-electron chi connectivity index (χ4n) is 3.01. The van der Waals surface area contributed by atoms with E-state index in [1.54, 1.807) is 6.92 Å². The van der Waals surface area contributed by atoms with Gasteiger partial charge in [-0.15, -0.1) is 6.58 Å². The molecule has 1 aliphatic rings. The molecule has 1 aromatic rings. The number of nitrogens with zero attached hydrogens (tertiary/aromatic N) is 1. The molecule has 0 spiro atoms. The lowest BCUT2D eigenvalue weighted by Crippen LogP contribution is -2.33. The summed E-state index contributed by atoms with van der Waals surface area (Å²) in [5.41, 5.74) is 0.753. The number of hydrogen-bond donors (Lipinski definition) is 0. The Morgan fingerprint density at radius 3 is 2.50 bits per heavy atom. The summed E-state index contributed by atoms with van der Waals surface area (Å²) in [6.45, 7) is 8.01. The Labute approximate surface area is 118 Å². The Hall–Kier alpha value is -1.29. The van der Waals surface area contributed by atoms with E-state index in [0.29, 0.717) is 5.56 Å². The number of rotatable bonds is 3. The highest BCUT2D eigenvalue weighted by molar-refractivity contribution is 5.38. The van der Waals surface area contributed by atoms with Gasteiger partial charge in [-0.3, -0.25) is 4.90 Å². The van der Waals surface area contributed by atoms with Gasteiger partial charge >= 0.3 is 6.18 Å². The van der Waals surface area contributed by atoms with Crippen molar-refractivity contribution in [3.05, 3.63) is 47.5 Å². The molecular formula is C16H20F3N. The molecular weight excluding hydrogens is 263 g/mol. The first-order valence-corrected chi connectivity index (χ1v) is 6.93. The molecule has 0 radical (unpaired) electrons. The molecule has 0 aliphatic carbocycles. The summed E-state index contributed by atoms with van der Waals surface area (Å²) in [4.78, 5) is 2.28. The maximum absolute atomic E-state index is 12.9. The van der Waals surface area contributed by atoms with Crippen molar-refractivity contribution in [1.29, 1.82) is 0 Å². The molecule has 0 atom stereocenters. The van der Waals surface area contributed by atoms with Crippen LogP contribution in [0.25, 0.3) is 0 Å². The average Bonchev–Trinajstić information content (AvgIpc) is 2.39. The van der Waals surface area contributed by atoms with Gasteiger partial charge in [0.1, 0.15) is 0 Å². The largest absolute Gasteiger partial charge is 0.416 e. The fraction of sp³-hybridized carbons (Fsp3) is 0.500. The van der Waals surface area contributed by atoms with E-state index < -0.39 is 11.7 Å². The Morgan fingerprint density at radius 2 is 1.95 bits per heavy atom. The highest BCUT2D eigenvalue weighted by Gasteiger charge is 2.34. The normalized spacial score (nSPS) is 18.2. The van der Waals surface area contributed by atoms with Crippen molar-refractivity contribution in [3.63, 3.8) is 0 Å². The molecule has 0 unspecified atom stereocenters. The van der Waals surface area contributed by atoms with Gasteiger partial charge in [-0.2, -0.15) is 13.2 Å². The molecule has 0 amide bonds. The van der Waals surface area contributed by atoms with Crippen LogP contribution in [0.1, 0.15) is 35.4 Å². The monoisotopic (exact) mass is 283 g/mol. The minimum absolute atomic E-state index is 0.235. The van der Waals surface area contributed by atoms with Crippen molar-refractivity contribution in [3.8, 4) is 0 Å². The number of halogens is 3. The summed E-state index contributed by atoms with van der Waals surface area (Å²) >= 11 is 0. The molecule has 110 valence electrons. The predicted molar refractivity (Wildman–Crippen MR) is 74.8 cm³/mol. The van der Waals surface area contributed by atoms with Crippen LogP contribution in [0.5, 0.6) is 0 Å². The highest BCUT2D eigenvalue weighted by atomic mass is 19.4. The second-order valence-electron chi connectivity index (χ2n) is 5.38. The molecule has 1 saturated heterocycles. The Balaban J connectivity index is 2.16. The van der Waals surface area contributed by atoms with Crippen LogP contribution < -0.4 is 0 Å². The van der Waals surface area contributed by atoms with E-state index in [1.165, 1.54) is 12.1 Å². The summed E-state index contributed by atoms with van der Waals surface area (Å²) < 4.78 is 38.8. The number of alkyl halides is 3. The van der Waals surface area contributed by atoms with E-state index in [9.17, 15) is 13.2 Å². The molecule has 2 rings (SSSR count). The van der Waals surface area contributed by atoms with Crippen LogP contribution in [0.15, 0.2) is 30.9 Å². The third-order valence-electron chi connectivity index (χ3n) is 4.10. The minimum atomic E-state index is -4.26. The third-order valence-corrected chi connectivity index (χ3v) is 4.10. The molecule has 0 aromatic heterocycles. The zero-order valence-electron chi connectivity index (χ0n) is 11.7. The molecule has 20 heavy (non-hydrogen) atoms. The molecule has 1 aromatic carbocycles. The lowest BCUT2D eigenvalue weighted by molar-refractivity contribution is -0.138. The Morgan fingerprint density at radius 1 is 1.30 bits per heavy atom. The summed E-state index contributed by atoms with van der Waals surface area (Å²) in [6.07, 6.45) is -0.564. The smallest absolute Gasteiger partial charge is 0.300 e. The van der Waals surface area contributed by atoms with E-state index in [4.69, 9.17) is 0 Å². The van der Waals surface area contributed by atoms with Crippen LogP contribution in [0, 0.1) is 6.92 Å². The second-order valence-corrected chi connectivity index (χ2v) is 5.38. The van der Waals surface area contributed by atoms with Crippen molar-refractivity contribution in [1.82, 2.24) is 4.90 Å². The van der Waals surface area contributed by atoms with Crippen LogP contribution >= 0.6 is 0 Å². The molecule has 0 N–H and O–H groups in total. The minimum Gasteiger partial charge on any atom is -0.300 e. The van der Waals surface area contributed by atoms with Crippen LogP contribution in [-0.2, 0) is 6.18 Å². The molecule has 1 heterocycles. The van der Waals surface area contributed by atoms with Crippen molar-refractivity contribution in [2.45, 2.75) is 31.9 Å². The van der Waals surface area contributed by atoms with Gasteiger partial charge in [0, 0.05) is 6.54 Å². The SMILES string of the molecule is C=CCN1CCC(c2cccc(C(F)(F)F)c2C)CC1. The van der Waals surface area contributed by atoms with Crippen LogP contribution in [0.4, 0.5) is 13.2 Å². The first-order chi connectivity index (χ1) is 9.43. The zero-order chi connectivity index (χ0) is 14.8. The highest BCUT2D eigenvalue weighted by Crippen LogP contribution is 2.37. The van der Waals surface area contributed by atoms with Gasteiger partial charge in [-0.05, 0) is 56.0 Å². The van der Waals surface area contributed by atoms with Crippen molar-refractivity contribution in [2.75, 3.05) is 19.6 Å². The first-order valence-electron chi connectivity index (χ1n) is 6.93. The molecule has 1 nitrogen and oxygen atoms in total. The van der Waals surface area contributed by atoms with E-state index >= 15 is 0 Å². The van der Waals surface area contributed by atoms with Crippen LogP contribution in [0.2, 0.25) is 0 Å². The number of piperidine rings is 1. The number of benzene rings is 1. The van der Waals surface area contributed by atoms with E-state index in [-0.39, 0.29) is 5.92 Å². The maximum Gasteiger partial charge on any atom is 0.416 e. The second kappa shape index (κ2) is 6.00. The van der Waals surface area contributed by atoms with Crippen molar-refractivity contribution >= 4 is 0 Å². The van der Waals surface area contributed by atoms with Crippen LogP contribution in [0.3, 0.4) is 0 Å².